The lowest BCUT2D eigenvalue weighted by Crippen LogP contribution is -2.51. The van der Waals surface area contributed by atoms with Gasteiger partial charge < -0.3 is 10.2 Å². The van der Waals surface area contributed by atoms with Crippen LogP contribution in [0, 0.1) is 5.82 Å². The Morgan fingerprint density at radius 2 is 2.38 bits per heavy atom. The third kappa shape index (κ3) is 2.38. The largest absolute Gasteiger partial charge is 0.364 e. The molecule has 0 aromatic heterocycles. The van der Waals surface area contributed by atoms with Gasteiger partial charge >= 0.3 is 0 Å². The van der Waals surface area contributed by atoms with E-state index in [2.05, 4.69) is 33.1 Å². The number of piperazine rings is 1. The predicted octanol–water partition coefficient (Wildman–Crippen LogP) is 2.78. The van der Waals surface area contributed by atoms with Crippen LogP contribution in [-0.2, 0) is 0 Å². The van der Waals surface area contributed by atoms with Gasteiger partial charge in [0.2, 0.25) is 0 Å². The molecule has 4 heteroatoms. The van der Waals surface area contributed by atoms with Crippen molar-refractivity contribution in [1.29, 1.82) is 0 Å². The first-order valence-corrected chi connectivity index (χ1v) is 6.44. The average Bonchev–Trinajstić information content (AvgIpc) is 2.29. The number of hydrogen-bond donors (Lipinski definition) is 1. The molecule has 1 heterocycles. The third-order valence-corrected chi connectivity index (χ3v) is 3.53. The SMILES string of the molecule is CCC1CNCCN1c1ccc(Br)cc1F. The maximum atomic E-state index is 13.9. The van der Waals surface area contributed by atoms with E-state index in [1.807, 2.05) is 12.1 Å². The topological polar surface area (TPSA) is 15.3 Å². The van der Waals surface area contributed by atoms with Crippen molar-refractivity contribution < 1.29 is 4.39 Å². The van der Waals surface area contributed by atoms with Crippen LogP contribution >= 0.6 is 15.9 Å². The minimum absolute atomic E-state index is 0.144. The molecular weight excluding hydrogens is 271 g/mol. The van der Waals surface area contributed by atoms with Crippen molar-refractivity contribution >= 4 is 21.6 Å². The first-order valence-electron chi connectivity index (χ1n) is 5.64. The van der Waals surface area contributed by atoms with Gasteiger partial charge in [0.15, 0.2) is 0 Å². The first kappa shape index (κ1) is 11.9. The van der Waals surface area contributed by atoms with E-state index in [0.29, 0.717) is 6.04 Å². The molecule has 1 fully saturated rings. The van der Waals surface area contributed by atoms with Crippen molar-refractivity contribution in [2.75, 3.05) is 24.5 Å². The van der Waals surface area contributed by atoms with Gasteiger partial charge in [-0.1, -0.05) is 22.9 Å². The van der Waals surface area contributed by atoms with Crippen LogP contribution in [0.2, 0.25) is 0 Å². The summed E-state index contributed by atoms with van der Waals surface area (Å²) in [5.74, 6) is -0.144. The van der Waals surface area contributed by atoms with Gasteiger partial charge in [0.05, 0.1) is 5.69 Å². The highest BCUT2D eigenvalue weighted by Gasteiger charge is 2.22. The second kappa shape index (κ2) is 5.15. The fraction of sp³-hybridized carbons (Fsp3) is 0.500. The van der Waals surface area contributed by atoms with Crippen LogP contribution in [0.1, 0.15) is 13.3 Å². The predicted molar refractivity (Wildman–Crippen MR) is 68.4 cm³/mol. The third-order valence-electron chi connectivity index (χ3n) is 3.04. The minimum Gasteiger partial charge on any atom is -0.364 e. The standard InChI is InChI=1S/C12H16BrFN2/c1-2-10-8-15-5-6-16(10)12-4-3-9(13)7-11(12)14/h3-4,7,10,15H,2,5-6,8H2,1H3. The minimum atomic E-state index is -0.144. The zero-order chi connectivity index (χ0) is 11.5. The molecule has 1 saturated heterocycles. The van der Waals surface area contributed by atoms with Gasteiger partial charge in [-0.05, 0) is 24.6 Å². The molecule has 1 aromatic rings. The number of benzene rings is 1. The fourth-order valence-corrected chi connectivity index (χ4v) is 2.49. The van der Waals surface area contributed by atoms with Gasteiger partial charge in [-0.25, -0.2) is 4.39 Å². The highest BCUT2D eigenvalue weighted by Crippen LogP contribution is 2.26. The smallest absolute Gasteiger partial charge is 0.147 e. The van der Waals surface area contributed by atoms with Gasteiger partial charge in [0, 0.05) is 30.1 Å². The molecule has 0 saturated carbocycles. The Labute approximate surface area is 104 Å². The monoisotopic (exact) mass is 286 g/mol. The Hall–Kier alpha value is -0.610. The van der Waals surface area contributed by atoms with Crippen LogP contribution < -0.4 is 10.2 Å². The van der Waals surface area contributed by atoms with Crippen molar-refractivity contribution in [1.82, 2.24) is 5.32 Å². The summed E-state index contributed by atoms with van der Waals surface area (Å²) in [5, 5.41) is 3.34. The maximum Gasteiger partial charge on any atom is 0.147 e. The van der Waals surface area contributed by atoms with Crippen molar-refractivity contribution in [3.63, 3.8) is 0 Å². The summed E-state index contributed by atoms with van der Waals surface area (Å²) >= 11 is 3.28. The van der Waals surface area contributed by atoms with E-state index in [4.69, 9.17) is 0 Å². The quantitative estimate of drug-likeness (QED) is 0.899. The van der Waals surface area contributed by atoms with Crippen molar-refractivity contribution in [2.24, 2.45) is 0 Å². The van der Waals surface area contributed by atoms with Crippen LogP contribution in [0.15, 0.2) is 22.7 Å². The Morgan fingerprint density at radius 3 is 3.06 bits per heavy atom. The number of nitrogens with zero attached hydrogens (tertiary/aromatic N) is 1. The molecule has 1 N–H and O–H groups in total. The summed E-state index contributed by atoms with van der Waals surface area (Å²) in [6.45, 7) is 4.87. The summed E-state index contributed by atoms with van der Waals surface area (Å²) < 4.78 is 14.6. The number of rotatable bonds is 2. The molecule has 0 bridgehead atoms. The second-order valence-corrected chi connectivity index (χ2v) is 4.97. The summed E-state index contributed by atoms with van der Waals surface area (Å²) in [5.41, 5.74) is 0.719. The van der Waals surface area contributed by atoms with Gasteiger partial charge in [-0.15, -0.1) is 0 Å². The van der Waals surface area contributed by atoms with Gasteiger partial charge in [-0.2, -0.15) is 0 Å². The van der Waals surface area contributed by atoms with E-state index in [0.717, 1.165) is 36.2 Å². The number of anilines is 1. The first-order chi connectivity index (χ1) is 7.72. The molecule has 0 spiro atoms. The van der Waals surface area contributed by atoms with Crippen molar-refractivity contribution in [3.8, 4) is 0 Å². The van der Waals surface area contributed by atoms with Crippen LogP contribution in [0.4, 0.5) is 10.1 Å². The molecular formula is C12H16BrFN2. The molecule has 2 nitrogen and oxygen atoms in total. The van der Waals surface area contributed by atoms with Crippen molar-refractivity contribution in [3.05, 3.63) is 28.5 Å². The number of nitrogens with one attached hydrogen (secondary N) is 1. The van der Waals surface area contributed by atoms with E-state index in [-0.39, 0.29) is 5.82 Å². The molecule has 1 atom stereocenters. The fourth-order valence-electron chi connectivity index (χ4n) is 2.16. The molecule has 1 aromatic carbocycles. The van der Waals surface area contributed by atoms with E-state index < -0.39 is 0 Å². The normalized spacial score (nSPS) is 21.2. The molecule has 88 valence electrons. The van der Waals surface area contributed by atoms with Crippen molar-refractivity contribution in [2.45, 2.75) is 19.4 Å². The zero-order valence-corrected chi connectivity index (χ0v) is 10.9. The van der Waals surface area contributed by atoms with E-state index in [9.17, 15) is 4.39 Å². The summed E-state index contributed by atoms with van der Waals surface area (Å²) in [7, 11) is 0. The molecule has 0 aliphatic carbocycles. The molecule has 1 aliphatic heterocycles. The Morgan fingerprint density at radius 1 is 1.56 bits per heavy atom. The van der Waals surface area contributed by atoms with E-state index >= 15 is 0 Å². The molecule has 1 aliphatic rings. The van der Waals surface area contributed by atoms with Crippen LogP contribution in [0.5, 0.6) is 0 Å². The summed E-state index contributed by atoms with van der Waals surface area (Å²) in [4.78, 5) is 2.16. The Bertz CT molecular complexity index is 370. The van der Waals surface area contributed by atoms with Gasteiger partial charge in [0.1, 0.15) is 5.82 Å². The van der Waals surface area contributed by atoms with E-state index in [1.165, 1.54) is 6.07 Å². The molecule has 0 radical (unpaired) electrons. The summed E-state index contributed by atoms with van der Waals surface area (Å²) in [6, 6.07) is 5.68. The van der Waals surface area contributed by atoms with E-state index in [1.54, 1.807) is 0 Å². The van der Waals surface area contributed by atoms with Gasteiger partial charge in [0.25, 0.3) is 0 Å². The molecule has 1 unspecified atom stereocenters. The lowest BCUT2D eigenvalue weighted by Gasteiger charge is -2.37. The van der Waals surface area contributed by atoms with Crippen LogP contribution in [-0.4, -0.2) is 25.7 Å². The van der Waals surface area contributed by atoms with Crippen LogP contribution in [0.3, 0.4) is 0 Å². The maximum absolute atomic E-state index is 13.9. The highest BCUT2D eigenvalue weighted by molar-refractivity contribution is 9.10. The number of hydrogen-bond acceptors (Lipinski definition) is 2. The highest BCUT2D eigenvalue weighted by atomic mass is 79.9. The number of halogens is 2. The Balaban J connectivity index is 2.27. The molecule has 16 heavy (non-hydrogen) atoms. The second-order valence-electron chi connectivity index (χ2n) is 4.06. The lowest BCUT2D eigenvalue weighted by molar-refractivity contribution is 0.459. The summed E-state index contributed by atoms with van der Waals surface area (Å²) in [6.07, 6.45) is 1.03. The lowest BCUT2D eigenvalue weighted by atomic mass is 10.1. The zero-order valence-electron chi connectivity index (χ0n) is 9.34. The molecule has 0 amide bonds. The average molecular weight is 287 g/mol. The Kier molecular flexibility index (Phi) is 3.82. The van der Waals surface area contributed by atoms with Gasteiger partial charge in [-0.3, -0.25) is 0 Å². The van der Waals surface area contributed by atoms with Crippen LogP contribution in [0.25, 0.3) is 0 Å². The molecule has 2 rings (SSSR count).